The molecule has 0 aliphatic heterocycles. The molecule has 2 rings (SSSR count). The molecule has 2 aromatic rings. The first kappa shape index (κ1) is 14.4. The summed E-state index contributed by atoms with van der Waals surface area (Å²) < 4.78 is 0. The van der Waals surface area contributed by atoms with E-state index in [0.717, 1.165) is 0 Å². The number of benzene rings is 1. The molecule has 5 heteroatoms. The van der Waals surface area contributed by atoms with Gasteiger partial charge in [0.2, 0.25) is 5.91 Å². The lowest BCUT2D eigenvalue weighted by Crippen LogP contribution is -2.06. The highest BCUT2D eigenvalue weighted by Crippen LogP contribution is 1.98. The van der Waals surface area contributed by atoms with Crippen molar-refractivity contribution < 1.29 is 14.7 Å². The molecule has 0 saturated heterocycles. The number of carbonyl (C=O) groups is 2. The number of hydrogen-bond acceptors (Lipinski definition) is 3. The Morgan fingerprint density at radius 3 is 2.11 bits per heavy atom. The molecule has 0 fully saturated rings. The molecule has 0 spiro atoms. The van der Waals surface area contributed by atoms with Crippen molar-refractivity contribution in [3.05, 3.63) is 60.3 Å². The average molecular weight is 258 g/mol. The van der Waals surface area contributed by atoms with Gasteiger partial charge in [0.25, 0.3) is 0 Å². The minimum absolute atomic E-state index is 0.0984. The van der Waals surface area contributed by atoms with Gasteiger partial charge in [-0.15, -0.1) is 0 Å². The number of aromatic nitrogens is 1. The van der Waals surface area contributed by atoms with E-state index in [2.05, 4.69) is 10.3 Å². The normalized spacial score (nSPS) is 8.89. The van der Waals surface area contributed by atoms with Crippen LogP contribution in [0.4, 0.5) is 5.82 Å². The molecule has 0 aliphatic rings. The summed E-state index contributed by atoms with van der Waals surface area (Å²) in [5.41, 5.74) is 0.331. The topological polar surface area (TPSA) is 79.3 Å². The predicted octanol–water partition coefficient (Wildman–Crippen LogP) is 2.42. The first-order valence-corrected chi connectivity index (χ1v) is 5.56. The van der Waals surface area contributed by atoms with Crippen LogP contribution in [-0.4, -0.2) is 22.0 Å². The second-order valence-corrected chi connectivity index (χ2v) is 3.57. The highest BCUT2D eigenvalue weighted by molar-refractivity contribution is 5.87. The van der Waals surface area contributed by atoms with E-state index < -0.39 is 5.97 Å². The van der Waals surface area contributed by atoms with Crippen molar-refractivity contribution in [2.75, 3.05) is 5.32 Å². The molecule has 1 aromatic carbocycles. The Hall–Kier alpha value is -2.69. The Morgan fingerprint density at radius 1 is 1.05 bits per heavy atom. The van der Waals surface area contributed by atoms with Gasteiger partial charge in [0.05, 0.1) is 5.56 Å². The lowest BCUT2D eigenvalue weighted by Gasteiger charge is -1.96. The molecule has 2 N–H and O–H groups in total. The van der Waals surface area contributed by atoms with E-state index in [1.165, 1.54) is 6.92 Å². The number of anilines is 1. The van der Waals surface area contributed by atoms with Gasteiger partial charge < -0.3 is 10.4 Å². The van der Waals surface area contributed by atoms with Gasteiger partial charge in [0, 0.05) is 13.1 Å². The number of rotatable bonds is 2. The molecule has 1 heterocycles. The molecule has 5 nitrogen and oxygen atoms in total. The molecule has 0 unspecified atom stereocenters. The van der Waals surface area contributed by atoms with E-state index in [1.54, 1.807) is 48.7 Å². The number of nitrogens with one attached hydrogen (secondary N) is 1. The number of carboxylic acid groups (broad SMARTS) is 1. The molecule has 98 valence electrons. The molecule has 0 aliphatic carbocycles. The number of carboxylic acids is 1. The largest absolute Gasteiger partial charge is 0.478 e. The Labute approximate surface area is 110 Å². The second-order valence-electron chi connectivity index (χ2n) is 3.57. The van der Waals surface area contributed by atoms with Crippen LogP contribution in [0.1, 0.15) is 17.3 Å². The van der Waals surface area contributed by atoms with Gasteiger partial charge in [-0.2, -0.15) is 0 Å². The summed E-state index contributed by atoms with van der Waals surface area (Å²) >= 11 is 0. The summed E-state index contributed by atoms with van der Waals surface area (Å²) in [6, 6.07) is 13.6. The number of carbonyl (C=O) groups excluding carboxylic acids is 1. The third-order valence-electron chi connectivity index (χ3n) is 1.99. The Balaban J connectivity index is 0.000000191. The molecular formula is C14H14N2O3. The molecule has 0 atom stereocenters. The van der Waals surface area contributed by atoms with E-state index in [0.29, 0.717) is 11.4 Å². The summed E-state index contributed by atoms with van der Waals surface area (Å²) in [7, 11) is 0. The van der Waals surface area contributed by atoms with Crippen molar-refractivity contribution in [3.63, 3.8) is 0 Å². The predicted molar refractivity (Wildman–Crippen MR) is 71.9 cm³/mol. The summed E-state index contributed by atoms with van der Waals surface area (Å²) in [6.45, 7) is 1.45. The molecule has 0 saturated carbocycles. The summed E-state index contributed by atoms with van der Waals surface area (Å²) in [5.74, 6) is -0.385. The maximum Gasteiger partial charge on any atom is 0.335 e. The van der Waals surface area contributed by atoms with Crippen LogP contribution in [-0.2, 0) is 4.79 Å². The number of pyridine rings is 1. The van der Waals surface area contributed by atoms with Crippen LogP contribution in [0.5, 0.6) is 0 Å². The van der Waals surface area contributed by atoms with Gasteiger partial charge in [0.1, 0.15) is 5.82 Å². The smallest absolute Gasteiger partial charge is 0.335 e. The Kier molecular flexibility index (Phi) is 5.75. The zero-order valence-corrected chi connectivity index (χ0v) is 10.4. The standard InChI is InChI=1S/C7H8N2O.C7H6O2/c1-6(10)9-7-4-2-3-5-8-7;8-7(9)6-4-2-1-3-5-6/h2-5H,1H3,(H,8,9,10);1-5H,(H,8,9). The first-order valence-electron chi connectivity index (χ1n) is 5.56. The zero-order valence-electron chi connectivity index (χ0n) is 10.4. The van der Waals surface area contributed by atoms with E-state index in [9.17, 15) is 9.59 Å². The van der Waals surface area contributed by atoms with Crippen LogP contribution in [0.15, 0.2) is 54.7 Å². The first-order chi connectivity index (χ1) is 9.09. The molecule has 19 heavy (non-hydrogen) atoms. The quantitative estimate of drug-likeness (QED) is 0.867. The van der Waals surface area contributed by atoms with Crippen molar-refractivity contribution in [1.82, 2.24) is 4.98 Å². The van der Waals surface area contributed by atoms with Crippen LogP contribution in [0.2, 0.25) is 0 Å². The fourth-order valence-corrected chi connectivity index (χ4v) is 1.20. The van der Waals surface area contributed by atoms with Crippen molar-refractivity contribution >= 4 is 17.7 Å². The van der Waals surface area contributed by atoms with Gasteiger partial charge in [-0.3, -0.25) is 4.79 Å². The van der Waals surface area contributed by atoms with E-state index in [-0.39, 0.29) is 5.91 Å². The highest BCUT2D eigenvalue weighted by atomic mass is 16.4. The van der Waals surface area contributed by atoms with Gasteiger partial charge in [-0.05, 0) is 24.3 Å². The molecular weight excluding hydrogens is 244 g/mol. The van der Waals surface area contributed by atoms with Crippen LogP contribution >= 0.6 is 0 Å². The third kappa shape index (κ3) is 5.97. The third-order valence-corrected chi connectivity index (χ3v) is 1.99. The van der Waals surface area contributed by atoms with Crippen LogP contribution < -0.4 is 5.32 Å². The highest BCUT2D eigenvalue weighted by Gasteiger charge is 1.96. The molecule has 0 bridgehead atoms. The SMILES string of the molecule is CC(=O)Nc1ccccn1.O=C(O)c1ccccc1. The van der Waals surface area contributed by atoms with Crippen LogP contribution in [0, 0.1) is 0 Å². The molecule has 0 radical (unpaired) electrons. The van der Waals surface area contributed by atoms with Crippen LogP contribution in [0.25, 0.3) is 0 Å². The summed E-state index contributed by atoms with van der Waals surface area (Å²) in [6.07, 6.45) is 1.63. The van der Waals surface area contributed by atoms with E-state index in [4.69, 9.17) is 5.11 Å². The monoisotopic (exact) mass is 258 g/mol. The number of aromatic carboxylic acids is 1. The zero-order chi connectivity index (χ0) is 14.1. The minimum Gasteiger partial charge on any atom is -0.478 e. The Morgan fingerprint density at radius 2 is 1.68 bits per heavy atom. The van der Waals surface area contributed by atoms with Crippen LogP contribution in [0.3, 0.4) is 0 Å². The number of nitrogens with zero attached hydrogens (tertiary/aromatic N) is 1. The Bertz CT molecular complexity index is 527. The maximum atomic E-state index is 10.5. The number of amides is 1. The fraction of sp³-hybridized carbons (Fsp3) is 0.0714. The van der Waals surface area contributed by atoms with Crippen molar-refractivity contribution in [1.29, 1.82) is 0 Å². The molecule has 1 amide bonds. The van der Waals surface area contributed by atoms with E-state index in [1.807, 2.05) is 6.07 Å². The van der Waals surface area contributed by atoms with Gasteiger partial charge in [0.15, 0.2) is 0 Å². The van der Waals surface area contributed by atoms with Crippen molar-refractivity contribution in [2.45, 2.75) is 6.92 Å². The van der Waals surface area contributed by atoms with Gasteiger partial charge >= 0.3 is 5.97 Å². The van der Waals surface area contributed by atoms with Crippen molar-refractivity contribution in [3.8, 4) is 0 Å². The average Bonchev–Trinajstić information content (AvgIpc) is 2.41. The van der Waals surface area contributed by atoms with Crippen molar-refractivity contribution in [2.24, 2.45) is 0 Å². The number of hydrogen-bond donors (Lipinski definition) is 2. The van der Waals surface area contributed by atoms with Gasteiger partial charge in [-0.25, -0.2) is 9.78 Å². The summed E-state index contributed by atoms with van der Waals surface area (Å²) in [5, 5.41) is 10.9. The molecule has 1 aromatic heterocycles. The summed E-state index contributed by atoms with van der Waals surface area (Å²) in [4.78, 5) is 24.5. The minimum atomic E-state index is -0.879. The lowest BCUT2D eigenvalue weighted by atomic mass is 10.2. The lowest BCUT2D eigenvalue weighted by molar-refractivity contribution is -0.114. The second kappa shape index (κ2) is 7.60. The fourth-order valence-electron chi connectivity index (χ4n) is 1.20. The maximum absolute atomic E-state index is 10.5. The van der Waals surface area contributed by atoms with E-state index >= 15 is 0 Å². The van der Waals surface area contributed by atoms with Gasteiger partial charge in [-0.1, -0.05) is 24.3 Å².